The lowest BCUT2D eigenvalue weighted by Gasteiger charge is -2.17. The molecule has 0 aliphatic heterocycles. The van der Waals surface area contributed by atoms with E-state index in [4.69, 9.17) is 11.6 Å². The molecular weight excluding hydrogens is 256 g/mol. The topological polar surface area (TPSA) is 81.0 Å². The summed E-state index contributed by atoms with van der Waals surface area (Å²) in [5.41, 5.74) is 2.43. The van der Waals surface area contributed by atoms with Gasteiger partial charge in [-0.2, -0.15) is 0 Å². The maximum atomic E-state index is 11.4. The Morgan fingerprint density at radius 3 is 2.50 bits per heavy atom. The summed E-state index contributed by atoms with van der Waals surface area (Å²) in [5.74, 6) is -0.411. The Balaban J connectivity index is 2.57. The van der Waals surface area contributed by atoms with Crippen molar-refractivity contribution in [1.82, 2.24) is 9.97 Å². The number of hydrogen-bond acceptors (Lipinski definition) is 3. The van der Waals surface area contributed by atoms with Crippen LogP contribution in [0, 0.1) is 0 Å². The molecule has 18 heavy (non-hydrogen) atoms. The summed E-state index contributed by atoms with van der Waals surface area (Å²) in [4.78, 5) is 29.7. The molecular formula is C11H13ClN4O2. The van der Waals surface area contributed by atoms with E-state index in [1.165, 1.54) is 0 Å². The minimum absolute atomic E-state index is 0.117. The second-order valence-electron chi connectivity index (χ2n) is 4.07. The van der Waals surface area contributed by atoms with Gasteiger partial charge in [0.1, 0.15) is 5.88 Å². The summed E-state index contributed by atoms with van der Waals surface area (Å²) in [6, 6.07) is 3.49. The van der Waals surface area contributed by atoms with Crippen LogP contribution in [0.2, 0.25) is 0 Å². The lowest BCUT2D eigenvalue weighted by Crippen LogP contribution is -2.17. The molecule has 0 spiro atoms. The molecule has 3 N–H and O–H groups in total. The van der Waals surface area contributed by atoms with Gasteiger partial charge in [0.25, 0.3) is 0 Å². The van der Waals surface area contributed by atoms with Crippen LogP contribution in [0.5, 0.6) is 0 Å². The molecule has 0 aliphatic carbocycles. The molecule has 0 bridgehead atoms. The Morgan fingerprint density at radius 1 is 1.33 bits per heavy atom. The quantitative estimate of drug-likeness (QED) is 0.729. The number of hydrogen-bond donors (Lipinski definition) is 3. The summed E-state index contributed by atoms with van der Waals surface area (Å²) >= 11 is 5.47. The van der Waals surface area contributed by atoms with Crippen molar-refractivity contribution in [3.05, 3.63) is 22.6 Å². The number of aromatic amines is 2. The van der Waals surface area contributed by atoms with Gasteiger partial charge in [0.05, 0.1) is 22.4 Å². The third-order valence-electron chi connectivity index (χ3n) is 2.51. The minimum Gasteiger partial charge on any atom is -0.376 e. The first-order valence-electron chi connectivity index (χ1n) is 5.30. The lowest BCUT2D eigenvalue weighted by atomic mass is 10.2. The Hall–Kier alpha value is -1.95. The second-order valence-corrected chi connectivity index (χ2v) is 4.34. The van der Waals surface area contributed by atoms with Crippen LogP contribution in [0.25, 0.3) is 11.0 Å². The van der Waals surface area contributed by atoms with Gasteiger partial charge in [-0.1, -0.05) is 0 Å². The molecule has 1 heterocycles. The van der Waals surface area contributed by atoms with Gasteiger partial charge in [0, 0.05) is 14.1 Å². The van der Waals surface area contributed by atoms with Crippen molar-refractivity contribution in [2.75, 3.05) is 30.2 Å². The molecule has 96 valence electrons. The molecule has 0 aliphatic rings. The average molecular weight is 269 g/mol. The standard InChI is InChI=1S/C11H13ClN4O2/c1-16(2)9-4-7-6(14-11(18)15-7)3-8(9)13-10(17)5-12/h3-4H,5H2,1-2H3,(H,13,17)(H2,14,15,18). The first kappa shape index (κ1) is 12.5. The highest BCUT2D eigenvalue weighted by Crippen LogP contribution is 2.28. The fourth-order valence-corrected chi connectivity index (χ4v) is 1.79. The predicted molar refractivity (Wildman–Crippen MR) is 72.6 cm³/mol. The Labute approximate surface area is 108 Å². The number of carbonyl (C=O) groups excluding carboxylic acids is 1. The van der Waals surface area contributed by atoms with Crippen molar-refractivity contribution in [1.29, 1.82) is 0 Å². The van der Waals surface area contributed by atoms with E-state index in [0.29, 0.717) is 16.7 Å². The van der Waals surface area contributed by atoms with Gasteiger partial charge >= 0.3 is 5.69 Å². The van der Waals surface area contributed by atoms with E-state index in [2.05, 4.69) is 15.3 Å². The molecule has 1 amide bonds. The van der Waals surface area contributed by atoms with Crippen molar-refractivity contribution in [2.45, 2.75) is 0 Å². The van der Waals surface area contributed by atoms with Crippen LogP contribution in [-0.4, -0.2) is 35.9 Å². The van der Waals surface area contributed by atoms with Crippen molar-refractivity contribution in [3.63, 3.8) is 0 Å². The molecule has 7 heteroatoms. The van der Waals surface area contributed by atoms with Gasteiger partial charge in [-0.15, -0.1) is 11.6 Å². The highest BCUT2D eigenvalue weighted by atomic mass is 35.5. The van der Waals surface area contributed by atoms with Gasteiger partial charge in [0.2, 0.25) is 5.91 Å². The number of rotatable bonds is 3. The first-order chi connectivity index (χ1) is 8.51. The smallest absolute Gasteiger partial charge is 0.323 e. The molecule has 1 aromatic heterocycles. The Kier molecular flexibility index (Phi) is 3.29. The van der Waals surface area contributed by atoms with Crippen LogP contribution in [0.1, 0.15) is 0 Å². The number of alkyl halides is 1. The van der Waals surface area contributed by atoms with Gasteiger partial charge in [-0.05, 0) is 12.1 Å². The minimum atomic E-state index is -0.294. The maximum Gasteiger partial charge on any atom is 0.323 e. The van der Waals surface area contributed by atoms with Crippen molar-refractivity contribution < 1.29 is 4.79 Å². The number of carbonyl (C=O) groups is 1. The zero-order chi connectivity index (χ0) is 13.3. The van der Waals surface area contributed by atoms with Crippen molar-refractivity contribution in [2.24, 2.45) is 0 Å². The average Bonchev–Trinajstić information content (AvgIpc) is 2.66. The van der Waals surface area contributed by atoms with E-state index in [9.17, 15) is 9.59 Å². The fourth-order valence-electron chi connectivity index (χ4n) is 1.72. The predicted octanol–water partition coefficient (Wildman–Crippen LogP) is 1.10. The zero-order valence-corrected chi connectivity index (χ0v) is 10.8. The highest BCUT2D eigenvalue weighted by molar-refractivity contribution is 6.29. The van der Waals surface area contributed by atoms with Crippen LogP contribution < -0.4 is 15.9 Å². The number of H-pyrrole nitrogens is 2. The highest BCUT2D eigenvalue weighted by Gasteiger charge is 2.11. The van der Waals surface area contributed by atoms with Gasteiger partial charge in [0.15, 0.2) is 0 Å². The van der Waals surface area contributed by atoms with Crippen LogP contribution in [0.4, 0.5) is 11.4 Å². The van der Waals surface area contributed by atoms with E-state index < -0.39 is 0 Å². The third kappa shape index (κ3) is 2.33. The second kappa shape index (κ2) is 4.73. The maximum absolute atomic E-state index is 11.4. The lowest BCUT2D eigenvalue weighted by molar-refractivity contribution is -0.113. The number of aromatic nitrogens is 2. The number of anilines is 2. The van der Waals surface area contributed by atoms with E-state index >= 15 is 0 Å². The monoisotopic (exact) mass is 268 g/mol. The van der Waals surface area contributed by atoms with Crippen LogP contribution in [0.15, 0.2) is 16.9 Å². The molecule has 0 radical (unpaired) electrons. The van der Waals surface area contributed by atoms with Crippen LogP contribution >= 0.6 is 11.6 Å². The number of nitrogens with one attached hydrogen (secondary N) is 3. The van der Waals surface area contributed by atoms with Crippen LogP contribution in [0.3, 0.4) is 0 Å². The number of fused-ring (bicyclic) bond motifs is 1. The van der Waals surface area contributed by atoms with E-state index in [-0.39, 0.29) is 17.5 Å². The van der Waals surface area contributed by atoms with Crippen LogP contribution in [-0.2, 0) is 4.79 Å². The summed E-state index contributed by atoms with van der Waals surface area (Å²) in [5, 5.41) is 2.69. The van der Waals surface area contributed by atoms with E-state index in [1.54, 1.807) is 12.1 Å². The molecule has 2 aromatic rings. The zero-order valence-electron chi connectivity index (χ0n) is 10.0. The number of amides is 1. The van der Waals surface area contributed by atoms with E-state index in [1.807, 2.05) is 19.0 Å². The fraction of sp³-hybridized carbons (Fsp3) is 0.273. The van der Waals surface area contributed by atoms with Crippen molar-refractivity contribution >= 4 is 39.9 Å². The molecule has 6 nitrogen and oxygen atoms in total. The number of nitrogens with zero attached hydrogens (tertiary/aromatic N) is 1. The normalized spacial score (nSPS) is 10.6. The first-order valence-corrected chi connectivity index (χ1v) is 5.84. The Bertz CT molecular complexity index is 644. The number of imidazole rings is 1. The largest absolute Gasteiger partial charge is 0.376 e. The van der Waals surface area contributed by atoms with Gasteiger partial charge in [-0.25, -0.2) is 4.79 Å². The molecule has 0 saturated carbocycles. The molecule has 0 atom stereocenters. The summed E-state index contributed by atoms with van der Waals surface area (Å²) in [6.45, 7) is 0. The van der Waals surface area contributed by atoms with E-state index in [0.717, 1.165) is 5.69 Å². The van der Waals surface area contributed by atoms with Gasteiger partial charge < -0.3 is 20.2 Å². The molecule has 2 rings (SSSR count). The van der Waals surface area contributed by atoms with Crippen molar-refractivity contribution in [3.8, 4) is 0 Å². The molecule has 1 aromatic carbocycles. The number of halogens is 1. The summed E-state index contributed by atoms with van der Waals surface area (Å²) in [7, 11) is 3.70. The summed E-state index contributed by atoms with van der Waals surface area (Å²) in [6.07, 6.45) is 0. The molecule has 0 saturated heterocycles. The molecule has 0 fully saturated rings. The molecule has 0 unspecified atom stereocenters. The number of benzene rings is 1. The Morgan fingerprint density at radius 2 is 1.94 bits per heavy atom. The van der Waals surface area contributed by atoms with Gasteiger partial charge in [-0.3, -0.25) is 4.79 Å². The third-order valence-corrected chi connectivity index (χ3v) is 2.75. The SMILES string of the molecule is CN(C)c1cc2[nH]c(=O)[nH]c2cc1NC(=O)CCl. The summed E-state index contributed by atoms with van der Waals surface area (Å²) < 4.78 is 0.